The molecule has 3 rings (SSSR count). The first-order valence-corrected chi connectivity index (χ1v) is 6.84. The molecular formula is C12H13BrN4O2. The molecule has 0 aliphatic carbocycles. The van der Waals surface area contributed by atoms with Gasteiger partial charge in [-0.15, -0.1) is 0 Å². The van der Waals surface area contributed by atoms with E-state index in [1.165, 1.54) is 4.90 Å². The van der Waals surface area contributed by atoms with Crippen molar-refractivity contribution in [2.75, 3.05) is 20.1 Å². The molecule has 2 unspecified atom stereocenters. The second-order valence-electron chi connectivity index (χ2n) is 5.00. The first-order valence-electron chi connectivity index (χ1n) is 6.05. The zero-order chi connectivity index (χ0) is 13.6. The van der Waals surface area contributed by atoms with Gasteiger partial charge in [-0.3, -0.25) is 4.99 Å². The molecule has 0 N–H and O–H groups in total. The number of rotatable bonds is 1. The lowest BCUT2D eigenvalue weighted by Crippen LogP contribution is -2.40. The summed E-state index contributed by atoms with van der Waals surface area (Å²) in [7, 11) is 2.02. The van der Waals surface area contributed by atoms with E-state index in [2.05, 4.69) is 25.9 Å². The maximum absolute atomic E-state index is 10.9. The Labute approximate surface area is 119 Å². The van der Waals surface area contributed by atoms with Crippen molar-refractivity contribution in [2.45, 2.75) is 6.42 Å². The van der Waals surface area contributed by atoms with E-state index in [1.807, 2.05) is 13.2 Å². The monoisotopic (exact) mass is 324 g/mol. The third-order valence-electron chi connectivity index (χ3n) is 3.84. The van der Waals surface area contributed by atoms with Crippen molar-refractivity contribution < 1.29 is 14.4 Å². The van der Waals surface area contributed by atoms with Crippen LogP contribution in [0.25, 0.3) is 0 Å². The molecule has 0 aromatic carbocycles. The summed E-state index contributed by atoms with van der Waals surface area (Å²) in [4.78, 5) is 21.0. The summed E-state index contributed by atoms with van der Waals surface area (Å²) in [6, 6.07) is 0. The van der Waals surface area contributed by atoms with Crippen LogP contribution in [-0.2, 0) is 0 Å². The first-order chi connectivity index (χ1) is 9.02. The van der Waals surface area contributed by atoms with Crippen molar-refractivity contribution in [3.05, 3.63) is 23.8 Å². The summed E-state index contributed by atoms with van der Waals surface area (Å²) >= 11 is 3.49. The summed E-state index contributed by atoms with van der Waals surface area (Å²) < 4.78 is 1.26. The van der Waals surface area contributed by atoms with Crippen LogP contribution in [0.3, 0.4) is 0 Å². The highest BCUT2D eigenvalue weighted by molar-refractivity contribution is 9.18. The van der Waals surface area contributed by atoms with Gasteiger partial charge in [0.05, 0.1) is 19.5 Å². The van der Waals surface area contributed by atoms with E-state index in [-0.39, 0.29) is 5.92 Å². The lowest BCUT2D eigenvalue weighted by molar-refractivity contribution is -0.709. The summed E-state index contributed by atoms with van der Waals surface area (Å²) in [5.74, 6) is 0.110. The van der Waals surface area contributed by atoms with Gasteiger partial charge >= 0.3 is 0 Å². The predicted octanol–water partition coefficient (Wildman–Crippen LogP) is 0.630. The van der Waals surface area contributed by atoms with Crippen LogP contribution < -0.4 is 5.11 Å². The number of allylic oxidation sites excluding steroid dienone is 1. The second kappa shape index (κ2) is 4.28. The smallest absolute Gasteiger partial charge is 0.281 e. The van der Waals surface area contributed by atoms with E-state index in [4.69, 9.17) is 0 Å². The normalized spacial score (nSPS) is 32.8. The minimum absolute atomic E-state index is 0.110. The number of carboxylic acid groups (broad SMARTS) is 1. The van der Waals surface area contributed by atoms with Crippen LogP contribution in [-0.4, -0.2) is 46.6 Å². The molecule has 3 aliphatic heterocycles. The van der Waals surface area contributed by atoms with E-state index in [1.54, 1.807) is 12.4 Å². The number of likely N-dealkylation sites (tertiary alicyclic amines) is 1. The van der Waals surface area contributed by atoms with E-state index in [0.717, 1.165) is 22.6 Å². The Morgan fingerprint density at radius 2 is 2.42 bits per heavy atom. The number of hydrogen-bond acceptors (Lipinski definition) is 4. The molecule has 0 aromatic heterocycles. The van der Waals surface area contributed by atoms with Crippen molar-refractivity contribution >= 4 is 33.0 Å². The van der Waals surface area contributed by atoms with Gasteiger partial charge in [-0.2, -0.15) is 4.99 Å². The molecule has 0 radical (unpaired) electrons. The number of carbonyl (C=O) groups excluding carboxylic acids is 1. The minimum atomic E-state index is -1.11. The maximum Gasteiger partial charge on any atom is 0.281 e. The minimum Gasteiger partial charge on any atom is -0.530 e. The molecule has 100 valence electrons. The third kappa shape index (κ3) is 1.84. The first kappa shape index (κ1) is 12.6. The highest BCUT2D eigenvalue weighted by atomic mass is 79.9. The van der Waals surface area contributed by atoms with Crippen LogP contribution in [0.4, 0.5) is 4.79 Å². The van der Waals surface area contributed by atoms with E-state index < -0.39 is 6.09 Å². The predicted molar refractivity (Wildman–Crippen MR) is 72.3 cm³/mol. The van der Waals surface area contributed by atoms with Crippen LogP contribution in [0.2, 0.25) is 0 Å². The molecule has 0 bridgehead atoms. The van der Waals surface area contributed by atoms with Crippen LogP contribution in [0.1, 0.15) is 6.42 Å². The molecule has 3 heterocycles. The molecule has 3 aliphatic rings. The molecule has 6 nitrogen and oxygen atoms in total. The van der Waals surface area contributed by atoms with Crippen molar-refractivity contribution in [1.29, 1.82) is 0 Å². The Morgan fingerprint density at radius 3 is 3.11 bits per heavy atom. The standard InChI is InChI=1S/C12H13BrN4O2/c1-17-5-3-14-6-9(17)10(15-11(17)13)8-2-4-16(7-8)12(18)19/h3,5-6,8H,2,4,7H2,1H3. The molecule has 1 amide bonds. The maximum atomic E-state index is 10.9. The van der Waals surface area contributed by atoms with Gasteiger partial charge < -0.3 is 14.8 Å². The number of amidine groups is 1. The van der Waals surface area contributed by atoms with Gasteiger partial charge in [-0.1, -0.05) is 0 Å². The number of quaternary nitrogens is 1. The molecule has 0 saturated carbocycles. The molecule has 19 heavy (non-hydrogen) atoms. The van der Waals surface area contributed by atoms with Crippen molar-refractivity contribution in [1.82, 2.24) is 4.90 Å². The van der Waals surface area contributed by atoms with E-state index in [0.29, 0.717) is 17.6 Å². The highest BCUT2D eigenvalue weighted by Gasteiger charge is 2.43. The number of halogens is 1. The summed E-state index contributed by atoms with van der Waals surface area (Å²) in [5.41, 5.74) is 1.92. The largest absolute Gasteiger partial charge is 0.530 e. The van der Waals surface area contributed by atoms with Gasteiger partial charge in [0, 0.05) is 34.9 Å². The van der Waals surface area contributed by atoms with Gasteiger partial charge in [-0.25, -0.2) is 4.48 Å². The van der Waals surface area contributed by atoms with Crippen molar-refractivity contribution in [2.24, 2.45) is 15.9 Å². The lowest BCUT2D eigenvalue weighted by Gasteiger charge is -2.25. The Balaban J connectivity index is 1.94. The fourth-order valence-electron chi connectivity index (χ4n) is 2.66. The zero-order valence-corrected chi connectivity index (χ0v) is 12.0. The van der Waals surface area contributed by atoms with Crippen molar-refractivity contribution in [3.8, 4) is 0 Å². The molecule has 0 aromatic rings. The Morgan fingerprint density at radius 1 is 1.63 bits per heavy atom. The topological polar surface area (TPSA) is 68.1 Å². The van der Waals surface area contributed by atoms with E-state index >= 15 is 0 Å². The molecule has 2 atom stereocenters. The van der Waals surface area contributed by atoms with Crippen LogP contribution >= 0.6 is 15.9 Å². The van der Waals surface area contributed by atoms with Gasteiger partial charge in [-0.05, 0) is 6.42 Å². The molecule has 1 fully saturated rings. The van der Waals surface area contributed by atoms with Gasteiger partial charge in [0.15, 0.2) is 5.70 Å². The zero-order valence-electron chi connectivity index (χ0n) is 10.4. The molecular weight excluding hydrogens is 312 g/mol. The SMILES string of the molecule is C[N+]12C=CN=CC1=C(C1CCN(C(=O)[O-])C1)N=C2Br. The lowest BCUT2D eigenvalue weighted by atomic mass is 10.0. The number of amides is 1. The van der Waals surface area contributed by atoms with Crippen LogP contribution in [0.5, 0.6) is 0 Å². The Kier molecular flexibility index (Phi) is 2.83. The highest BCUT2D eigenvalue weighted by Crippen LogP contribution is 2.38. The average Bonchev–Trinajstić information content (AvgIpc) is 2.94. The number of hydrogen-bond donors (Lipinski definition) is 0. The summed E-state index contributed by atoms with van der Waals surface area (Å²) in [6.45, 7) is 0.954. The average molecular weight is 325 g/mol. The summed E-state index contributed by atoms with van der Waals surface area (Å²) in [6.07, 6.45) is 5.15. The van der Waals surface area contributed by atoms with Gasteiger partial charge in [0.2, 0.25) is 0 Å². The Hall–Kier alpha value is -1.47. The fraction of sp³-hybridized carbons (Fsp3) is 0.417. The van der Waals surface area contributed by atoms with Gasteiger partial charge in [0.25, 0.3) is 4.74 Å². The van der Waals surface area contributed by atoms with Crippen LogP contribution in [0.15, 0.2) is 33.8 Å². The van der Waals surface area contributed by atoms with Crippen molar-refractivity contribution in [3.63, 3.8) is 0 Å². The number of aliphatic imine (C=N–C) groups is 2. The second-order valence-corrected chi connectivity index (χ2v) is 5.71. The Bertz CT molecular complexity index is 566. The van der Waals surface area contributed by atoms with Gasteiger partial charge in [0.1, 0.15) is 18.0 Å². The molecule has 0 spiro atoms. The number of fused-ring (bicyclic) bond motifs is 1. The van der Waals surface area contributed by atoms with Crippen LogP contribution in [0, 0.1) is 5.92 Å². The number of carbonyl (C=O) groups is 1. The van der Waals surface area contributed by atoms with E-state index in [9.17, 15) is 9.90 Å². The number of nitrogens with zero attached hydrogens (tertiary/aromatic N) is 4. The fourth-order valence-corrected chi connectivity index (χ4v) is 3.16. The quantitative estimate of drug-likeness (QED) is 0.524. The third-order valence-corrected chi connectivity index (χ3v) is 4.75. The molecule has 1 saturated heterocycles. The molecule has 7 heteroatoms. The summed E-state index contributed by atoms with van der Waals surface area (Å²) in [5, 5.41) is 10.9.